The summed E-state index contributed by atoms with van der Waals surface area (Å²) in [5.74, 6) is 2.35. The number of fused-ring (bicyclic) bond motifs is 1. The molecular weight excluding hydrogens is 276 g/mol. The van der Waals surface area contributed by atoms with Crippen LogP contribution in [0.3, 0.4) is 0 Å². The maximum atomic E-state index is 6.23. The summed E-state index contributed by atoms with van der Waals surface area (Å²) < 4.78 is 16.4. The lowest BCUT2D eigenvalue weighted by molar-refractivity contribution is 0.238. The molecule has 0 bridgehead atoms. The molecule has 2 aromatic carbocycles. The maximum absolute atomic E-state index is 6.23. The third kappa shape index (κ3) is 2.29. The molecule has 20 heavy (non-hydrogen) atoms. The van der Waals surface area contributed by atoms with Crippen molar-refractivity contribution >= 4 is 11.6 Å². The number of ether oxygens (including phenoxy) is 3. The second-order valence-corrected chi connectivity index (χ2v) is 5.09. The quantitative estimate of drug-likeness (QED) is 0.854. The molecule has 0 N–H and O–H groups in total. The average molecular weight is 291 g/mol. The maximum Gasteiger partial charge on any atom is 0.142 e. The Morgan fingerprint density at radius 2 is 1.75 bits per heavy atom. The number of halogens is 1. The topological polar surface area (TPSA) is 27.7 Å². The highest BCUT2D eigenvalue weighted by Crippen LogP contribution is 2.43. The van der Waals surface area contributed by atoms with E-state index in [0.717, 1.165) is 34.8 Å². The van der Waals surface area contributed by atoms with E-state index in [2.05, 4.69) is 0 Å². The van der Waals surface area contributed by atoms with Gasteiger partial charge in [0.1, 0.15) is 23.4 Å². The first-order valence-corrected chi connectivity index (χ1v) is 6.76. The molecule has 0 amide bonds. The predicted molar refractivity (Wildman–Crippen MR) is 78.1 cm³/mol. The van der Waals surface area contributed by atoms with Crippen LogP contribution in [-0.4, -0.2) is 14.2 Å². The Balaban J connectivity index is 1.87. The van der Waals surface area contributed by atoms with Gasteiger partial charge in [-0.3, -0.25) is 0 Å². The van der Waals surface area contributed by atoms with E-state index in [1.807, 2.05) is 30.3 Å². The van der Waals surface area contributed by atoms with Crippen LogP contribution in [0.4, 0.5) is 0 Å². The summed E-state index contributed by atoms with van der Waals surface area (Å²) in [5.41, 5.74) is 2.19. The fourth-order valence-electron chi connectivity index (χ4n) is 2.41. The highest BCUT2D eigenvalue weighted by molar-refractivity contribution is 6.32. The van der Waals surface area contributed by atoms with E-state index in [1.165, 1.54) is 0 Å². The van der Waals surface area contributed by atoms with Crippen LogP contribution < -0.4 is 14.2 Å². The summed E-state index contributed by atoms with van der Waals surface area (Å²) in [7, 11) is 3.29. The zero-order chi connectivity index (χ0) is 14.1. The summed E-state index contributed by atoms with van der Waals surface area (Å²) >= 11 is 6.23. The van der Waals surface area contributed by atoms with Crippen LogP contribution in [0, 0.1) is 0 Å². The first kappa shape index (κ1) is 13.1. The summed E-state index contributed by atoms with van der Waals surface area (Å²) in [6.07, 6.45) is 0.777. The highest BCUT2D eigenvalue weighted by atomic mass is 35.5. The van der Waals surface area contributed by atoms with Gasteiger partial charge in [-0.2, -0.15) is 0 Å². The van der Waals surface area contributed by atoms with Crippen molar-refractivity contribution in [2.75, 3.05) is 14.2 Å². The minimum absolute atomic E-state index is 0.0134. The van der Waals surface area contributed by atoms with Gasteiger partial charge in [0.15, 0.2) is 0 Å². The van der Waals surface area contributed by atoms with Crippen molar-refractivity contribution in [3.63, 3.8) is 0 Å². The van der Waals surface area contributed by atoms with Crippen LogP contribution in [0.2, 0.25) is 5.02 Å². The Hall–Kier alpha value is -1.87. The van der Waals surface area contributed by atoms with Gasteiger partial charge in [0, 0.05) is 18.1 Å². The highest BCUT2D eigenvalue weighted by Gasteiger charge is 2.27. The van der Waals surface area contributed by atoms with Gasteiger partial charge in [0.2, 0.25) is 0 Å². The summed E-state index contributed by atoms with van der Waals surface area (Å²) in [4.78, 5) is 0. The average Bonchev–Trinajstić information content (AvgIpc) is 2.92. The molecule has 0 fully saturated rings. The van der Waals surface area contributed by atoms with E-state index < -0.39 is 0 Å². The number of hydrogen-bond acceptors (Lipinski definition) is 3. The Morgan fingerprint density at radius 1 is 1.05 bits per heavy atom. The molecule has 3 rings (SSSR count). The van der Waals surface area contributed by atoms with Crippen molar-refractivity contribution in [2.45, 2.75) is 12.5 Å². The lowest BCUT2D eigenvalue weighted by Crippen LogP contribution is -2.02. The first-order valence-electron chi connectivity index (χ1n) is 6.38. The van der Waals surface area contributed by atoms with Crippen molar-refractivity contribution in [1.82, 2.24) is 0 Å². The van der Waals surface area contributed by atoms with Crippen LogP contribution in [0.25, 0.3) is 0 Å². The molecule has 104 valence electrons. The van der Waals surface area contributed by atoms with Gasteiger partial charge in [0.25, 0.3) is 0 Å². The Bertz CT molecular complexity index is 622. The molecule has 1 unspecified atom stereocenters. The first-order chi connectivity index (χ1) is 9.71. The second-order valence-electron chi connectivity index (χ2n) is 4.68. The van der Waals surface area contributed by atoms with E-state index in [-0.39, 0.29) is 6.10 Å². The molecule has 1 atom stereocenters. The van der Waals surface area contributed by atoms with Gasteiger partial charge in [0.05, 0.1) is 19.2 Å². The van der Waals surface area contributed by atoms with Crippen molar-refractivity contribution in [3.05, 3.63) is 52.5 Å². The zero-order valence-corrected chi connectivity index (χ0v) is 12.1. The summed E-state index contributed by atoms with van der Waals surface area (Å²) in [6, 6.07) is 11.6. The van der Waals surface area contributed by atoms with Crippen LogP contribution in [0.5, 0.6) is 17.2 Å². The molecule has 0 spiro atoms. The molecule has 1 aliphatic rings. The van der Waals surface area contributed by atoms with E-state index in [1.54, 1.807) is 20.3 Å². The molecule has 2 aromatic rings. The van der Waals surface area contributed by atoms with Gasteiger partial charge in [-0.25, -0.2) is 0 Å². The molecule has 0 aromatic heterocycles. The smallest absolute Gasteiger partial charge is 0.142 e. The number of hydrogen-bond donors (Lipinski definition) is 0. The Kier molecular flexibility index (Phi) is 3.45. The van der Waals surface area contributed by atoms with Crippen molar-refractivity contribution < 1.29 is 14.2 Å². The van der Waals surface area contributed by atoms with Crippen molar-refractivity contribution in [3.8, 4) is 17.2 Å². The zero-order valence-electron chi connectivity index (χ0n) is 11.4. The second kappa shape index (κ2) is 5.25. The minimum Gasteiger partial charge on any atom is -0.497 e. The van der Waals surface area contributed by atoms with Crippen LogP contribution in [-0.2, 0) is 6.42 Å². The minimum atomic E-state index is -0.0134. The number of methoxy groups -OCH3 is 2. The van der Waals surface area contributed by atoms with Crippen molar-refractivity contribution in [2.24, 2.45) is 0 Å². The largest absolute Gasteiger partial charge is 0.497 e. The molecule has 4 heteroatoms. The molecule has 1 aliphatic heterocycles. The molecule has 3 nitrogen and oxygen atoms in total. The lowest BCUT2D eigenvalue weighted by atomic mass is 10.0. The van der Waals surface area contributed by atoms with Crippen molar-refractivity contribution in [1.29, 1.82) is 0 Å². The molecule has 0 radical (unpaired) electrons. The predicted octanol–water partition coefficient (Wildman–Crippen LogP) is 4.03. The molecule has 0 saturated heterocycles. The van der Waals surface area contributed by atoms with Crippen LogP contribution in [0.1, 0.15) is 17.2 Å². The van der Waals surface area contributed by atoms with Gasteiger partial charge < -0.3 is 14.2 Å². The Morgan fingerprint density at radius 3 is 2.40 bits per heavy atom. The Labute approximate surface area is 123 Å². The summed E-state index contributed by atoms with van der Waals surface area (Å²) in [5, 5.41) is 0.593. The third-order valence-electron chi connectivity index (χ3n) is 3.48. The third-order valence-corrected chi connectivity index (χ3v) is 3.76. The number of rotatable bonds is 3. The molecule has 0 saturated carbocycles. The summed E-state index contributed by atoms with van der Waals surface area (Å²) in [6.45, 7) is 0. The van der Waals surface area contributed by atoms with Crippen LogP contribution >= 0.6 is 11.6 Å². The molecule has 0 aliphatic carbocycles. The van der Waals surface area contributed by atoms with Gasteiger partial charge in [-0.1, -0.05) is 23.7 Å². The van der Waals surface area contributed by atoms with Gasteiger partial charge in [-0.05, 0) is 23.8 Å². The standard InChI is InChI=1S/C16H15ClO3/c1-18-12-5-3-10(4-6-12)15-8-11-7-13(19-2)9-14(17)16(11)20-15/h3-7,9,15H,8H2,1-2H3. The fraction of sp³-hybridized carbons (Fsp3) is 0.250. The van der Waals surface area contributed by atoms with Crippen LogP contribution in [0.15, 0.2) is 36.4 Å². The normalized spacial score (nSPS) is 16.4. The van der Waals surface area contributed by atoms with E-state index in [0.29, 0.717) is 5.02 Å². The van der Waals surface area contributed by atoms with E-state index >= 15 is 0 Å². The monoisotopic (exact) mass is 290 g/mol. The van der Waals surface area contributed by atoms with E-state index in [9.17, 15) is 0 Å². The number of benzene rings is 2. The molecule has 1 heterocycles. The fourth-order valence-corrected chi connectivity index (χ4v) is 2.69. The van der Waals surface area contributed by atoms with Gasteiger partial charge >= 0.3 is 0 Å². The molecular formula is C16H15ClO3. The lowest BCUT2D eigenvalue weighted by Gasteiger charge is -2.12. The van der Waals surface area contributed by atoms with E-state index in [4.69, 9.17) is 25.8 Å². The SMILES string of the molecule is COc1ccc(C2Cc3cc(OC)cc(Cl)c3O2)cc1. The van der Waals surface area contributed by atoms with Gasteiger partial charge in [-0.15, -0.1) is 0 Å².